The van der Waals surface area contributed by atoms with Gasteiger partial charge in [0.2, 0.25) is 28.7 Å². The minimum atomic E-state index is -5.20. The summed E-state index contributed by atoms with van der Waals surface area (Å²) in [7, 11) is -20.0. The number of allylic oxidation sites excluding steroid dienone is 2. The molecule has 2 aliphatic carbocycles. The van der Waals surface area contributed by atoms with Crippen molar-refractivity contribution >= 4 is 133 Å². The van der Waals surface area contributed by atoms with E-state index in [0.29, 0.717) is 12.1 Å². The van der Waals surface area contributed by atoms with Crippen molar-refractivity contribution in [2.75, 3.05) is 21.5 Å². The van der Waals surface area contributed by atoms with E-state index in [2.05, 4.69) is 46.6 Å². The molecule has 0 bridgehead atoms. The van der Waals surface area contributed by atoms with Crippen molar-refractivity contribution in [3.63, 3.8) is 0 Å². The average Bonchev–Trinajstić information content (AvgIpc) is 3.20. The zero-order valence-corrected chi connectivity index (χ0v) is 36.7. The first-order valence-electron chi connectivity index (χ1n) is 17.4. The van der Waals surface area contributed by atoms with E-state index in [-0.39, 0.29) is 50.8 Å². The van der Waals surface area contributed by atoms with E-state index < -0.39 is 111 Å². The van der Waals surface area contributed by atoms with Gasteiger partial charge in [0.25, 0.3) is 40.5 Å². The molecule has 25 nitrogen and oxygen atoms in total. The molecular formula is C35H23Cl2N9O16S4. The summed E-state index contributed by atoms with van der Waals surface area (Å²) in [5.74, 6) is -3.98. The molecule has 1 aromatic heterocycles. The van der Waals surface area contributed by atoms with Gasteiger partial charge in [-0.15, -0.1) is 0 Å². The van der Waals surface area contributed by atoms with E-state index >= 15 is 0 Å². The van der Waals surface area contributed by atoms with E-state index in [4.69, 9.17) is 23.2 Å². The molecule has 2 aliphatic rings. The van der Waals surface area contributed by atoms with Crippen LogP contribution in [-0.2, 0) is 40.5 Å². The highest BCUT2D eigenvalue weighted by Crippen LogP contribution is 2.36. The van der Waals surface area contributed by atoms with Crippen LogP contribution in [0.3, 0.4) is 0 Å². The van der Waals surface area contributed by atoms with Crippen molar-refractivity contribution in [1.82, 2.24) is 15.0 Å². The van der Waals surface area contributed by atoms with E-state index in [1.165, 1.54) is 36.4 Å². The summed E-state index contributed by atoms with van der Waals surface area (Å²) in [5, 5.41) is 32.4. The van der Waals surface area contributed by atoms with Gasteiger partial charge in [-0.25, -0.2) is 0 Å². The average molecular weight is 1020 g/mol. The first-order valence-corrected chi connectivity index (χ1v) is 23.9. The van der Waals surface area contributed by atoms with E-state index in [1.54, 1.807) is 0 Å². The minimum absolute atomic E-state index is 0.0647. The molecule has 0 atom stereocenters. The highest BCUT2D eigenvalue weighted by atomic mass is 35.5. The van der Waals surface area contributed by atoms with Crippen LogP contribution in [0.1, 0.15) is 31.8 Å². The van der Waals surface area contributed by atoms with Gasteiger partial charge >= 0.3 is 0 Å². The Kier molecular flexibility index (Phi) is 12.2. The second kappa shape index (κ2) is 17.1. The zero-order chi connectivity index (χ0) is 48.3. The van der Waals surface area contributed by atoms with Gasteiger partial charge in [0.1, 0.15) is 21.2 Å². The number of carbonyl (C=O) groups is 2. The molecule has 0 aliphatic heterocycles. The normalized spacial score (nSPS) is 15.4. The highest BCUT2D eigenvalue weighted by molar-refractivity contribution is 7.91. The summed E-state index contributed by atoms with van der Waals surface area (Å²) in [5.41, 5.74) is 1.27. The van der Waals surface area contributed by atoms with Crippen LogP contribution in [-0.4, -0.2) is 100 Å². The molecule has 1 heterocycles. The van der Waals surface area contributed by atoms with Crippen molar-refractivity contribution in [1.29, 1.82) is 0 Å². The number of hydrogen-bond donors (Lipinski definition) is 10. The first-order chi connectivity index (χ1) is 30.7. The Balaban J connectivity index is 1.14. The number of rotatable bonds is 12. The largest absolute Gasteiger partial charge is 0.506 e. The Labute approximate surface area is 380 Å². The van der Waals surface area contributed by atoms with Crippen LogP contribution in [0, 0.1) is 0 Å². The first kappa shape index (κ1) is 47.0. The van der Waals surface area contributed by atoms with Crippen LogP contribution < -0.4 is 21.5 Å². The molecule has 0 radical (unpaired) electrons. The number of benzene rings is 4. The van der Waals surface area contributed by atoms with Crippen molar-refractivity contribution < 1.29 is 71.7 Å². The minimum Gasteiger partial charge on any atom is -0.506 e. The van der Waals surface area contributed by atoms with Gasteiger partial charge in [-0.2, -0.15) is 58.8 Å². The fourth-order valence-corrected chi connectivity index (χ4v) is 8.76. The third-order valence-corrected chi connectivity index (χ3v) is 12.8. The fraction of sp³-hybridized carbons (Fsp3) is 0. The van der Waals surface area contributed by atoms with Crippen molar-refractivity contribution in [2.45, 2.75) is 9.79 Å². The quantitative estimate of drug-likeness (QED) is 0.0471. The van der Waals surface area contributed by atoms with Gasteiger partial charge in [0, 0.05) is 22.5 Å². The molecule has 0 saturated carbocycles. The molecule has 66 heavy (non-hydrogen) atoms. The highest BCUT2D eigenvalue weighted by Gasteiger charge is 2.35. The summed E-state index contributed by atoms with van der Waals surface area (Å²) in [6, 6.07) is 11.5. The van der Waals surface area contributed by atoms with Gasteiger partial charge in [0.05, 0.1) is 20.5 Å². The topological polar surface area (TPSA) is 404 Å². The van der Waals surface area contributed by atoms with Crippen molar-refractivity contribution in [3.8, 4) is 11.5 Å². The monoisotopic (exact) mass is 1020 g/mol. The number of phenols is 2. The van der Waals surface area contributed by atoms with Crippen LogP contribution in [0.4, 0.5) is 34.6 Å². The number of halogens is 2. The van der Waals surface area contributed by atoms with Gasteiger partial charge in [-0.3, -0.25) is 38.7 Å². The lowest BCUT2D eigenvalue weighted by Crippen LogP contribution is -2.27. The van der Waals surface area contributed by atoms with E-state index in [1.807, 2.05) is 0 Å². The maximum absolute atomic E-state index is 13.5. The molecule has 5 aromatic rings. The molecule has 342 valence electrons. The number of phenolic OH excluding ortho intramolecular Hbond substituents is 2. The Morgan fingerprint density at radius 2 is 0.985 bits per heavy atom. The third-order valence-electron chi connectivity index (χ3n) is 8.92. The summed E-state index contributed by atoms with van der Waals surface area (Å²) < 4.78 is 135. The summed E-state index contributed by atoms with van der Waals surface area (Å²) in [4.78, 5) is 35.7. The number of hydrazone groups is 2. The number of hydrogen-bond acceptors (Lipinski definition) is 21. The second-order valence-corrected chi connectivity index (χ2v) is 19.7. The summed E-state index contributed by atoms with van der Waals surface area (Å²) in [6.45, 7) is 0. The second-order valence-electron chi connectivity index (χ2n) is 13.3. The molecular weight excluding hydrogens is 1000 g/mol. The number of fused-ring (bicyclic) bond motifs is 2. The molecule has 0 fully saturated rings. The maximum Gasteiger partial charge on any atom is 0.296 e. The molecule has 0 amide bonds. The Hall–Kier alpha value is -6.93. The molecule has 0 unspecified atom stereocenters. The maximum atomic E-state index is 13.5. The standard InChI is InChI=1S/C35H23Cl2N9O16S4/c36-22-11-19(64(54,55)56)13-24(32(22)50)44-46-29-27(66(60,61)62)10-15-8-17(2-5-21(15)31(29)49)39-35-41-33(37)40-34(42-35)38-16-1-4-20-14(7-16)9-26(65(57,58)59)28(30(20)48)45-43-23-12-18(63(51,52)53)3-6-25(23)47/h1-13,43-44,47,50H,(H,51,52,53)(H,54,55,56)(H,57,58,59)(H,60,61,62)(H2,38,39,40,41,42)/b45-28+,46-29+. The lowest BCUT2D eigenvalue weighted by atomic mass is 9.94. The summed E-state index contributed by atoms with van der Waals surface area (Å²) in [6.07, 6.45) is 1.76. The van der Waals surface area contributed by atoms with E-state index in [9.17, 15) is 71.7 Å². The predicted octanol–water partition coefficient (Wildman–Crippen LogP) is 4.36. The van der Waals surface area contributed by atoms with Crippen LogP contribution in [0.2, 0.25) is 10.3 Å². The number of carbonyl (C=O) groups excluding carboxylic acids is 2. The number of nitrogens with zero attached hydrogens (tertiary/aromatic N) is 5. The molecule has 7 rings (SSSR count). The number of aromatic hydroxyl groups is 2. The molecule has 0 spiro atoms. The number of nitrogens with one attached hydrogen (secondary N) is 4. The third kappa shape index (κ3) is 9.98. The van der Waals surface area contributed by atoms with Crippen LogP contribution >= 0.6 is 23.2 Å². The molecule has 4 aromatic carbocycles. The lowest BCUT2D eigenvalue weighted by Gasteiger charge is -2.18. The molecule has 31 heteroatoms. The number of Topliss-reactive ketones (excluding diaryl/α,β-unsaturated/α-hetero) is 2. The van der Waals surface area contributed by atoms with Gasteiger partial charge < -0.3 is 20.8 Å². The fourth-order valence-electron chi connectivity index (χ4n) is 5.96. The van der Waals surface area contributed by atoms with Crippen molar-refractivity contribution in [3.05, 3.63) is 109 Å². The number of aromatic nitrogens is 3. The smallest absolute Gasteiger partial charge is 0.296 e. The summed E-state index contributed by atoms with van der Waals surface area (Å²) >= 11 is 12.0. The number of ketones is 2. The number of anilines is 6. The zero-order valence-electron chi connectivity index (χ0n) is 31.9. The molecule has 10 N–H and O–H groups in total. The van der Waals surface area contributed by atoms with Gasteiger partial charge in [0.15, 0.2) is 17.2 Å². The van der Waals surface area contributed by atoms with Crippen molar-refractivity contribution in [2.24, 2.45) is 10.2 Å². The molecule has 0 saturated heterocycles. The Bertz CT molecular complexity index is 3590. The Morgan fingerprint density at radius 3 is 1.44 bits per heavy atom. The predicted molar refractivity (Wildman–Crippen MR) is 235 cm³/mol. The van der Waals surface area contributed by atoms with Crippen LogP contribution in [0.25, 0.3) is 12.2 Å². The van der Waals surface area contributed by atoms with E-state index in [0.717, 1.165) is 30.4 Å². The van der Waals surface area contributed by atoms with Gasteiger partial charge in [-0.1, -0.05) is 11.6 Å². The Morgan fingerprint density at radius 1 is 0.530 bits per heavy atom. The van der Waals surface area contributed by atoms with Crippen LogP contribution in [0.5, 0.6) is 11.5 Å². The van der Waals surface area contributed by atoms with Crippen LogP contribution in [0.15, 0.2) is 96.5 Å². The van der Waals surface area contributed by atoms with Gasteiger partial charge in [-0.05, 0) is 102 Å². The lowest BCUT2D eigenvalue weighted by molar-refractivity contribution is 0.105. The SMILES string of the molecule is O=C1/C(=N/Nc2cc(S(=O)(=O)O)ccc2O)C(S(=O)(=O)O)=Cc2cc(Nc3nc(Cl)nc(Nc4ccc5c(c4)C=C(S(=O)(=O)O)/C(=N\Nc4cc(S(=O)(=O)O)cc(Cl)c4O)C5=O)n3)ccc21.